The molecule has 3 saturated carbocycles. The number of nitriles is 1. The molecule has 6 atom stereocenters. The van der Waals surface area contributed by atoms with Crippen LogP contribution in [0, 0.1) is 34.5 Å². The highest BCUT2D eigenvalue weighted by atomic mass is 32.2. The maximum atomic E-state index is 12.8. The van der Waals surface area contributed by atoms with Crippen LogP contribution in [0.15, 0.2) is 0 Å². The fourth-order valence-electron chi connectivity index (χ4n) is 7.44. The van der Waals surface area contributed by atoms with Crippen LogP contribution >= 0.6 is 11.8 Å². The molecule has 2 aliphatic heterocycles. The van der Waals surface area contributed by atoms with Crippen LogP contribution < -0.4 is 5.32 Å². The minimum absolute atomic E-state index is 0.133. The Balaban J connectivity index is 1.26. The van der Waals surface area contributed by atoms with E-state index in [1.54, 1.807) is 0 Å². The first kappa shape index (κ1) is 19.2. The first-order valence-corrected chi connectivity index (χ1v) is 12.4. The van der Waals surface area contributed by atoms with E-state index in [0.29, 0.717) is 17.9 Å². The van der Waals surface area contributed by atoms with Gasteiger partial charge < -0.3 is 15.1 Å². The quantitative estimate of drug-likeness (QED) is 0.765. The second-order valence-corrected chi connectivity index (χ2v) is 11.4. The van der Waals surface area contributed by atoms with Crippen LogP contribution in [0.2, 0.25) is 0 Å². The summed E-state index contributed by atoms with van der Waals surface area (Å²) < 4.78 is 0. The molecule has 5 rings (SSSR count). The van der Waals surface area contributed by atoms with E-state index in [1.807, 2.05) is 4.90 Å². The van der Waals surface area contributed by atoms with Crippen LogP contribution in [0.3, 0.4) is 0 Å². The van der Waals surface area contributed by atoms with Crippen LogP contribution in [0.25, 0.3) is 0 Å². The first-order chi connectivity index (χ1) is 13.6. The summed E-state index contributed by atoms with van der Waals surface area (Å²) >= 11 is 2.09. The van der Waals surface area contributed by atoms with Gasteiger partial charge in [0.15, 0.2) is 0 Å². The summed E-state index contributed by atoms with van der Waals surface area (Å²) in [5.74, 6) is 5.13. The number of amides is 1. The zero-order valence-corrected chi connectivity index (χ0v) is 18.0. The van der Waals surface area contributed by atoms with Gasteiger partial charge in [-0.1, -0.05) is 6.92 Å². The summed E-state index contributed by atoms with van der Waals surface area (Å²) in [6.45, 7) is 7.36. The third-order valence-corrected chi connectivity index (χ3v) is 9.77. The number of rotatable bonds is 5. The standard InChI is InChI=1S/C22H34N4OS/c1-16-9-17-10-21(15-25-5-7-28-8-6-25)14-22(16,11-19(17)21)24-13-20(27)26-4-2-3-18(26)12-23/h16-19,24H,2-11,13-15H2,1H3/t16?,17?,18-,19?,21?,22?/m0/s1. The largest absolute Gasteiger partial charge is 0.326 e. The molecule has 5 nitrogen and oxygen atoms in total. The molecular weight excluding hydrogens is 368 g/mol. The summed E-state index contributed by atoms with van der Waals surface area (Å²) in [5.41, 5.74) is 0.635. The molecule has 0 aromatic carbocycles. The molecule has 5 aliphatic rings. The Hall–Kier alpha value is -0.770. The molecule has 154 valence electrons. The highest BCUT2D eigenvalue weighted by Crippen LogP contribution is 2.70. The van der Waals surface area contributed by atoms with E-state index in [4.69, 9.17) is 0 Å². The van der Waals surface area contributed by atoms with E-state index in [1.165, 1.54) is 56.8 Å². The van der Waals surface area contributed by atoms with Crippen LogP contribution in [-0.4, -0.2) is 71.5 Å². The van der Waals surface area contributed by atoms with Crippen molar-refractivity contribution in [2.24, 2.45) is 23.2 Å². The lowest BCUT2D eigenvalue weighted by molar-refractivity contribution is -0.130. The van der Waals surface area contributed by atoms with Crippen molar-refractivity contribution in [2.45, 2.75) is 57.0 Å². The molecule has 2 bridgehead atoms. The molecule has 28 heavy (non-hydrogen) atoms. The molecule has 5 unspecified atom stereocenters. The van der Waals surface area contributed by atoms with Crippen molar-refractivity contribution in [1.82, 2.24) is 15.1 Å². The van der Waals surface area contributed by atoms with Gasteiger partial charge in [-0.2, -0.15) is 17.0 Å². The minimum Gasteiger partial charge on any atom is -0.326 e. The minimum atomic E-state index is -0.206. The maximum Gasteiger partial charge on any atom is 0.237 e. The van der Waals surface area contributed by atoms with Gasteiger partial charge in [-0.15, -0.1) is 0 Å². The third kappa shape index (κ3) is 3.00. The van der Waals surface area contributed by atoms with Crippen molar-refractivity contribution < 1.29 is 4.79 Å². The second-order valence-electron chi connectivity index (χ2n) is 10.2. The summed E-state index contributed by atoms with van der Waals surface area (Å²) in [6, 6.07) is 2.10. The number of nitrogens with one attached hydrogen (secondary N) is 1. The van der Waals surface area contributed by atoms with Gasteiger partial charge in [-0.3, -0.25) is 4.79 Å². The van der Waals surface area contributed by atoms with Crippen molar-refractivity contribution in [1.29, 1.82) is 5.26 Å². The fraction of sp³-hybridized carbons (Fsp3) is 0.909. The van der Waals surface area contributed by atoms with Crippen molar-refractivity contribution in [3.63, 3.8) is 0 Å². The molecule has 0 spiro atoms. The molecule has 5 fully saturated rings. The lowest BCUT2D eigenvalue weighted by Gasteiger charge is -2.55. The molecule has 1 N–H and O–H groups in total. The van der Waals surface area contributed by atoms with Gasteiger partial charge in [0, 0.05) is 43.2 Å². The van der Waals surface area contributed by atoms with Gasteiger partial charge in [0.25, 0.3) is 0 Å². The average molecular weight is 403 g/mol. The van der Waals surface area contributed by atoms with E-state index in [2.05, 4.69) is 35.0 Å². The van der Waals surface area contributed by atoms with Gasteiger partial charge in [-0.05, 0) is 61.7 Å². The van der Waals surface area contributed by atoms with Gasteiger partial charge in [0.1, 0.15) is 6.04 Å². The summed E-state index contributed by atoms with van der Waals surface area (Å²) in [5, 5.41) is 13.1. The Morgan fingerprint density at radius 3 is 2.89 bits per heavy atom. The molecule has 3 aliphatic carbocycles. The summed E-state index contributed by atoms with van der Waals surface area (Å²) in [4.78, 5) is 17.4. The Bertz CT molecular complexity index is 674. The highest BCUT2D eigenvalue weighted by molar-refractivity contribution is 7.99. The van der Waals surface area contributed by atoms with Gasteiger partial charge in [0.05, 0.1) is 12.6 Å². The van der Waals surface area contributed by atoms with E-state index in [-0.39, 0.29) is 17.5 Å². The van der Waals surface area contributed by atoms with Crippen LogP contribution in [0.4, 0.5) is 0 Å². The summed E-state index contributed by atoms with van der Waals surface area (Å²) in [7, 11) is 0. The molecule has 1 amide bonds. The fourth-order valence-corrected chi connectivity index (χ4v) is 8.42. The predicted octanol–water partition coefficient (Wildman–Crippen LogP) is 2.33. The summed E-state index contributed by atoms with van der Waals surface area (Å²) in [6.07, 6.45) is 7.05. The van der Waals surface area contributed by atoms with Gasteiger partial charge >= 0.3 is 0 Å². The van der Waals surface area contributed by atoms with Crippen molar-refractivity contribution >= 4 is 17.7 Å². The molecule has 0 aromatic heterocycles. The number of likely N-dealkylation sites (tertiary alicyclic amines) is 1. The lowest BCUT2D eigenvalue weighted by atomic mass is 9.53. The number of fused-ring (bicyclic) bond motifs is 1. The van der Waals surface area contributed by atoms with Gasteiger partial charge in [-0.25, -0.2) is 0 Å². The predicted molar refractivity (Wildman–Crippen MR) is 112 cm³/mol. The maximum absolute atomic E-state index is 12.8. The second kappa shape index (κ2) is 7.18. The molecular formula is C22H34N4OS. The van der Waals surface area contributed by atoms with E-state index in [9.17, 15) is 10.1 Å². The monoisotopic (exact) mass is 402 g/mol. The topological polar surface area (TPSA) is 59.4 Å². The van der Waals surface area contributed by atoms with E-state index < -0.39 is 0 Å². The third-order valence-electron chi connectivity index (χ3n) is 8.83. The molecule has 0 aromatic rings. The molecule has 0 radical (unpaired) electrons. The van der Waals surface area contributed by atoms with E-state index >= 15 is 0 Å². The van der Waals surface area contributed by atoms with Crippen LogP contribution in [0.1, 0.15) is 45.4 Å². The first-order valence-electron chi connectivity index (χ1n) is 11.3. The van der Waals surface area contributed by atoms with Crippen LogP contribution in [0.5, 0.6) is 0 Å². The molecule has 2 saturated heterocycles. The smallest absolute Gasteiger partial charge is 0.237 e. The number of hydrogen-bond acceptors (Lipinski definition) is 5. The number of carbonyl (C=O) groups is 1. The Kier molecular flexibility index (Phi) is 4.92. The van der Waals surface area contributed by atoms with Crippen molar-refractivity contribution in [3.05, 3.63) is 0 Å². The Morgan fingerprint density at radius 2 is 2.11 bits per heavy atom. The SMILES string of the molecule is CC1CC2CC3(CN4CCSCC4)CC1(NCC(=O)N1CCC[C@H]1C#N)CC23. The number of hydrogen-bond donors (Lipinski definition) is 1. The number of nitrogens with zero attached hydrogens (tertiary/aromatic N) is 3. The number of carbonyl (C=O) groups excluding carboxylic acids is 1. The lowest BCUT2D eigenvalue weighted by Crippen LogP contribution is -2.55. The number of thioether (sulfide) groups is 1. The Labute approximate surface area is 173 Å². The van der Waals surface area contributed by atoms with Gasteiger partial charge in [0.2, 0.25) is 5.91 Å². The Morgan fingerprint density at radius 1 is 1.29 bits per heavy atom. The highest BCUT2D eigenvalue weighted by Gasteiger charge is 2.68. The van der Waals surface area contributed by atoms with Crippen LogP contribution in [-0.2, 0) is 4.79 Å². The van der Waals surface area contributed by atoms with Crippen molar-refractivity contribution in [3.8, 4) is 6.07 Å². The zero-order valence-electron chi connectivity index (χ0n) is 17.2. The molecule has 6 heteroatoms. The normalized spacial score (nSPS) is 44.9. The molecule has 2 heterocycles. The average Bonchev–Trinajstić information content (AvgIpc) is 3.21. The van der Waals surface area contributed by atoms with E-state index in [0.717, 1.165) is 31.2 Å². The van der Waals surface area contributed by atoms with Crippen molar-refractivity contribution in [2.75, 3.05) is 44.2 Å². The zero-order chi connectivity index (χ0) is 19.4.